The van der Waals surface area contributed by atoms with E-state index < -0.39 is 23.9 Å². The number of benzene rings is 6. The van der Waals surface area contributed by atoms with Crippen molar-refractivity contribution in [2.75, 3.05) is 13.6 Å². The second kappa shape index (κ2) is 27.4. The van der Waals surface area contributed by atoms with Crippen LogP contribution in [0.3, 0.4) is 0 Å². The van der Waals surface area contributed by atoms with Crippen LogP contribution in [0.2, 0.25) is 0 Å². The Balaban J connectivity index is 0.000000235. The number of aromatic hydroxyl groups is 2. The molecule has 0 heterocycles. The van der Waals surface area contributed by atoms with Crippen LogP contribution in [0.15, 0.2) is 169 Å². The van der Waals surface area contributed by atoms with Crippen LogP contribution >= 0.6 is 0 Å². The minimum atomic E-state index is -0.595. The molecular weight excluding hydrogens is 980 g/mol. The first-order valence-electron chi connectivity index (χ1n) is 23.5. The first kappa shape index (κ1) is 54.1. The molecule has 2 saturated carbocycles. The van der Waals surface area contributed by atoms with Crippen LogP contribution in [0.25, 0.3) is 0 Å². The Hall–Kier alpha value is -8.26. The average molecular weight is 1030 g/mol. The number of nitrogens with zero attached hydrogens (tertiary/aromatic N) is 2. The number of ether oxygens (including phenoxy) is 6. The van der Waals surface area contributed by atoms with Gasteiger partial charge in [0.25, 0.3) is 0 Å². The molecule has 0 aromatic heterocycles. The minimum Gasteiger partial charge on any atom is -0.507 e. The number of esters is 4. The second-order valence-corrected chi connectivity index (χ2v) is 16.8. The van der Waals surface area contributed by atoms with Crippen LogP contribution in [0.4, 0.5) is 11.4 Å². The number of carbonyl (C=O) groups is 4. The van der Waals surface area contributed by atoms with Gasteiger partial charge in [0.2, 0.25) is 13.6 Å². The van der Waals surface area contributed by atoms with Gasteiger partial charge in [-0.3, -0.25) is 9.98 Å². The number of hydrogen-bond donors (Lipinski definition) is 2. The summed E-state index contributed by atoms with van der Waals surface area (Å²) in [7, 11) is 0. The van der Waals surface area contributed by atoms with Crippen LogP contribution in [-0.4, -0.2) is 60.1 Å². The standard InChI is InChI=1S/2C29H27NO6.Cu/c2*1-2-28(32)35-19-34-25-14-9-22(10-15-25)29(33)36-26-16-11-23(27(31)17-26)18-30-24-12-7-21(8-13-24)20-5-3-4-6-20;/h2*2,7-18,20,31H,1,3-6,19H2;. The Kier molecular flexibility index (Phi) is 20.3. The monoisotopic (exact) mass is 1030 g/mol. The molecule has 0 atom stereocenters. The van der Waals surface area contributed by atoms with Gasteiger partial charge in [0, 0.05) is 64.9 Å². The Morgan fingerprint density at radius 1 is 0.493 bits per heavy atom. The van der Waals surface area contributed by atoms with E-state index in [4.69, 9.17) is 28.4 Å². The van der Waals surface area contributed by atoms with Gasteiger partial charge in [0.05, 0.1) is 22.5 Å². The molecule has 14 nitrogen and oxygen atoms in total. The summed E-state index contributed by atoms with van der Waals surface area (Å²) in [6, 6.07) is 37.9. The van der Waals surface area contributed by atoms with E-state index in [9.17, 15) is 29.4 Å². The van der Waals surface area contributed by atoms with Gasteiger partial charge in [0.1, 0.15) is 34.5 Å². The van der Waals surface area contributed by atoms with Crippen molar-refractivity contribution in [2.24, 2.45) is 9.98 Å². The summed E-state index contributed by atoms with van der Waals surface area (Å²) in [4.78, 5) is 55.8. The predicted molar refractivity (Wildman–Crippen MR) is 272 cm³/mol. The molecule has 2 aliphatic carbocycles. The molecule has 73 heavy (non-hydrogen) atoms. The first-order valence-corrected chi connectivity index (χ1v) is 23.5. The van der Waals surface area contributed by atoms with Crippen molar-refractivity contribution in [3.05, 3.63) is 192 Å². The first-order chi connectivity index (χ1) is 35.0. The van der Waals surface area contributed by atoms with E-state index >= 15 is 0 Å². The molecule has 379 valence electrons. The molecule has 2 fully saturated rings. The van der Waals surface area contributed by atoms with E-state index in [0.717, 1.165) is 23.5 Å². The molecular formula is C58H54CuN2O12. The van der Waals surface area contributed by atoms with Gasteiger partial charge in [-0.25, -0.2) is 19.2 Å². The zero-order chi connectivity index (χ0) is 50.7. The molecule has 0 bridgehead atoms. The fourth-order valence-electron chi connectivity index (χ4n) is 8.00. The quantitative estimate of drug-likeness (QED) is 0.0207. The third-order valence-corrected chi connectivity index (χ3v) is 11.9. The second-order valence-electron chi connectivity index (χ2n) is 16.8. The van der Waals surface area contributed by atoms with Crippen molar-refractivity contribution in [3.8, 4) is 34.5 Å². The molecule has 15 heteroatoms. The fraction of sp³-hybridized carbons (Fsp3) is 0.207. The van der Waals surface area contributed by atoms with E-state index in [-0.39, 0.29) is 64.8 Å². The molecule has 0 unspecified atom stereocenters. The molecule has 0 amide bonds. The van der Waals surface area contributed by atoms with Gasteiger partial charge in [-0.2, -0.15) is 0 Å². The smallest absolute Gasteiger partial charge is 0.343 e. The summed E-state index contributed by atoms with van der Waals surface area (Å²) in [5, 5.41) is 20.8. The maximum Gasteiger partial charge on any atom is 0.343 e. The number of phenols is 2. The maximum atomic E-state index is 12.4. The van der Waals surface area contributed by atoms with E-state index in [1.807, 2.05) is 24.3 Å². The van der Waals surface area contributed by atoms with Crippen LogP contribution in [-0.2, 0) is 36.1 Å². The summed E-state index contributed by atoms with van der Waals surface area (Å²) >= 11 is 0. The zero-order valence-corrected chi connectivity index (χ0v) is 40.8. The van der Waals surface area contributed by atoms with Crippen molar-refractivity contribution < 1.29 is 74.9 Å². The van der Waals surface area contributed by atoms with Crippen LogP contribution in [0.5, 0.6) is 34.5 Å². The number of hydrogen-bond acceptors (Lipinski definition) is 14. The summed E-state index contributed by atoms with van der Waals surface area (Å²) in [6.45, 7) is 6.05. The molecule has 0 aliphatic heterocycles. The van der Waals surface area contributed by atoms with E-state index in [2.05, 4.69) is 47.4 Å². The van der Waals surface area contributed by atoms with Crippen LogP contribution in [0.1, 0.15) is 106 Å². The van der Waals surface area contributed by atoms with Crippen LogP contribution in [0, 0.1) is 0 Å². The molecule has 2 aliphatic rings. The van der Waals surface area contributed by atoms with Gasteiger partial charge in [-0.1, -0.05) is 63.1 Å². The number of phenolic OH excluding ortho intramolecular Hbond substituents is 2. The van der Waals surface area contributed by atoms with Crippen molar-refractivity contribution in [1.82, 2.24) is 0 Å². The Bertz CT molecular complexity index is 2690. The van der Waals surface area contributed by atoms with Gasteiger partial charge in [-0.05, 0) is 146 Å². The molecule has 6 aromatic rings. The van der Waals surface area contributed by atoms with Crippen molar-refractivity contribution in [2.45, 2.75) is 63.2 Å². The molecule has 6 aromatic carbocycles. The van der Waals surface area contributed by atoms with Crippen molar-refractivity contribution in [3.63, 3.8) is 0 Å². The van der Waals surface area contributed by atoms with Gasteiger partial charge >= 0.3 is 23.9 Å². The average Bonchev–Trinajstić information content (AvgIpc) is 4.16. The number of rotatable bonds is 18. The zero-order valence-electron chi connectivity index (χ0n) is 39.8. The topological polar surface area (TPSA) is 189 Å². The SMILES string of the molecule is C=CC(=O)OCOc1ccc(C(=O)Oc2ccc(C=Nc3ccc(C4CCCC4)cc3)c(O)c2)cc1.C=CC(=O)OCOc1ccc(C(=O)Oc2ccc(C=Nc3ccc(C4CCCC4)cc3)c(O)c2)cc1.[Cu]. The Morgan fingerprint density at radius 3 is 1.16 bits per heavy atom. The Labute approximate surface area is 434 Å². The molecule has 0 spiro atoms. The minimum absolute atomic E-state index is 0. The number of carbonyl (C=O) groups excluding carboxylic acids is 4. The summed E-state index contributed by atoms with van der Waals surface area (Å²) in [5.41, 5.74) is 5.92. The third kappa shape index (κ3) is 16.4. The third-order valence-electron chi connectivity index (χ3n) is 11.9. The summed E-state index contributed by atoms with van der Waals surface area (Å²) < 4.78 is 30.7. The summed E-state index contributed by atoms with van der Waals surface area (Å²) in [5.74, 6) is 0.0627. The molecule has 0 saturated heterocycles. The van der Waals surface area contributed by atoms with Gasteiger partial charge < -0.3 is 38.6 Å². The van der Waals surface area contributed by atoms with E-state index in [1.165, 1.54) is 98.9 Å². The van der Waals surface area contributed by atoms with E-state index in [0.29, 0.717) is 34.5 Å². The molecule has 2 N–H and O–H groups in total. The number of aliphatic imine (C=N–C) groups is 2. The fourth-order valence-corrected chi connectivity index (χ4v) is 8.00. The van der Waals surface area contributed by atoms with Gasteiger partial charge in [-0.15, -0.1) is 0 Å². The Morgan fingerprint density at radius 2 is 0.836 bits per heavy atom. The summed E-state index contributed by atoms with van der Waals surface area (Å²) in [6.07, 6.45) is 15.4. The van der Waals surface area contributed by atoms with Gasteiger partial charge in [0.15, 0.2) is 0 Å². The molecule has 1 radical (unpaired) electrons. The predicted octanol–water partition coefficient (Wildman–Crippen LogP) is 12.2. The van der Waals surface area contributed by atoms with Crippen molar-refractivity contribution in [1.29, 1.82) is 0 Å². The molecule has 8 rings (SSSR count). The normalized spacial score (nSPS) is 13.3. The van der Waals surface area contributed by atoms with Crippen LogP contribution < -0.4 is 18.9 Å². The largest absolute Gasteiger partial charge is 0.507 e. The van der Waals surface area contributed by atoms with E-state index in [1.54, 1.807) is 61.0 Å². The van der Waals surface area contributed by atoms with Crippen molar-refractivity contribution >= 4 is 47.7 Å². The maximum absolute atomic E-state index is 12.4.